The molecule has 1 heterocycles. The highest BCUT2D eigenvalue weighted by Gasteiger charge is 2.24. The number of benzene rings is 2. The van der Waals surface area contributed by atoms with Crippen molar-refractivity contribution in [3.63, 3.8) is 0 Å². The lowest BCUT2D eigenvalue weighted by atomic mass is 10.1. The van der Waals surface area contributed by atoms with Crippen molar-refractivity contribution < 1.29 is 9.69 Å². The molecule has 0 aliphatic carbocycles. The first-order valence-electron chi connectivity index (χ1n) is 8.78. The first kappa shape index (κ1) is 16.7. The van der Waals surface area contributed by atoms with Gasteiger partial charge in [-0.15, -0.1) is 0 Å². The lowest BCUT2D eigenvalue weighted by molar-refractivity contribution is -0.917. The number of rotatable bonds is 3. The number of carbonyl (C=O) groups is 1. The van der Waals surface area contributed by atoms with Gasteiger partial charge >= 0.3 is 0 Å². The smallest absolute Gasteiger partial charge is 0.254 e. The van der Waals surface area contributed by atoms with Crippen molar-refractivity contribution in [2.45, 2.75) is 27.3 Å². The second-order valence-electron chi connectivity index (χ2n) is 7.01. The molecule has 3 rings (SSSR count). The third kappa shape index (κ3) is 3.85. The van der Waals surface area contributed by atoms with Crippen molar-refractivity contribution in [1.82, 2.24) is 4.90 Å². The van der Waals surface area contributed by atoms with E-state index in [2.05, 4.69) is 45.0 Å². The normalized spacial score (nSPS) is 15.5. The van der Waals surface area contributed by atoms with Crippen LogP contribution in [0.1, 0.15) is 32.6 Å². The first-order valence-corrected chi connectivity index (χ1v) is 8.78. The van der Waals surface area contributed by atoms with Gasteiger partial charge in [0, 0.05) is 11.1 Å². The van der Waals surface area contributed by atoms with E-state index in [-0.39, 0.29) is 5.91 Å². The Hall–Kier alpha value is -2.13. The zero-order chi connectivity index (χ0) is 17.1. The fourth-order valence-corrected chi connectivity index (χ4v) is 3.37. The zero-order valence-electron chi connectivity index (χ0n) is 14.9. The van der Waals surface area contributed by atoms with E-state index in [0.717, 1.165) is 38.3 Å². The van der Waals surface area contributed by atoms with Gasteiger partial charge in [0.1, 0.15) is 6.54 Å². The fraction of sp³-hybridized carbons (Fsp3) is 0.381. The first-order chi connectivity index (χ1) is 11.5. The van der Waals surface area contributed by atoms with Crippen molar-refractivity contribution in [1.29, 1.82) is 0 Å². The second-order valence-corrected chi connectivity index (χ2v) is 7.01. The molecule has 0 spiro atoms. The van der Waals surface area contributed by atoms with Gasteiger partial charge in [-0.2, -0.15) is 0 Å². The van der Waals surface area contributed by atoms with Gasteiger partial charge in [-0.05, 0) is 44.0 Å². The fourth-order valence-electron chi connectivity index (χ4n) is 3.37. The molecule has 24 heavy (non-hydrogen) atoms. The lowest BCUT2D eigenvalue weighted by Gasteiger charge is -2.32. The number of hydrogen-bond donors (Lipinski definition) is 1. The highest BCUT2D eigenvalue weighted by Crippen LogP contribution is 2.12. The Morgan fingerprint density at radius 1 is 1.00 bits per heavy atom. The summed E-state index contributed by atoms with van der Waals surface area (Å²) in [5.41, 5.74) is 5.94. The van der Waals surface area contributed by atoms with Gasteiger partial charge in [0.05, 0.1) is 26.2 Å². The lowest BCUT2D eigenvalue weighted by Crippen LogP contribution is -3.13. The maximum atomic E-state index is 12.7. The molecule has 2 aromatic carbocycles. The average molecular weight is 323 g/mol. The van der Waals surface area contributed by atoms with Crippen LogP contribution >= 0.6 is 0 Å². The Morgan fingerprint density at radius 2 is 1.75 bits per heavy atom. The van der Waals surface area contributed by atoms with Crippen LogP contribution in [0.15, 0.2) is 42.5 Å². The molecule has 3 heteroatoms. The van der Waals surface area contributed by atoms with Crippen LogP contribution in [0, 0.1) is 20.8 Å². The average Bonchev–Trinajstić information content (AvgIpc) is 2.57. The molecule has 126 valence electrons. The summed E-state index contributed by atoms with van der Waals surface area (Å²) in [6.07, 6.45) is 0. The molecule has 0 radical (unpaired) electrons. The molecule has 1 aliphatic heterocycles. The van der Waals surface area contributed by atoms with E-state index in [0.29, 0.717) is 0 Å². The summed E-state index contributed by atoms with van der Waals surface area (Å²) in [6.45, 7) is 11.0. The standard InChI is InChI=1S/C21H26N2O/c1-16-5-4-6-19(13-16)15-22-9-11-23(12-10-22)21(24)20-8-7-17(2)18(3)14-20/h4-8,13-14H,9-12,15H2,1-3H3/p+1. The summed E-state index contributed by atoms with van der Waals surface area (Å²) < 4.78 is 0. The van der Waals surface area contributed by atoms with E-state index in [1.165, 1.54) is 22.3 Å². The van der Waals surface area contributed by atoms with Gasteiger partial charge in [0.15, 0.2) is 0 Å². The SMILES string of the molecule is Cc1cccc(C[NH+]2CCN(C(=O)c3ccc(C)c(C)c3)CC2)c1. The zero-order valence-corrected chi connectivity index (χ0v) is 14.9. The Morgan fingerprint density at radius 3 is 2.42 bits per heavy atom. The van der Waals surface area contributed by atoms with Crippen molar-refractivity contribution in [2.24, 2.45) is 0 Å². The molecular weight excluding hydrogens is 296 g/mol. The van der Waals surface area contributed by atoms with Crippen molar-refractivity contribution in [3.05, 3.63) is 70.3 Å². The largest absolute Gasteiger partial charge is 0.328 e. The molecular formula is C21H27N2O+. The van der Waals surface area contributed by atoms with Crippen LogP contribution in [0.5, 0.6) is 0 Å². The van der Waals surface area contributed by atoms with Crippen LogP contribution < -0.4 is 4.90 Å². The summed E-state index contributed by atoms with van der Waals surface area (Å²) in [5, 5.41) is 0. The number of aryl methyl sites for hydroxylation is 3. The number of hydrogen-bond acceptors (Lipinski definition) is 1. The van der Waals surface area contributed by atoms with Gasteiger partial charge in [-0.1, -0.05) is 35.9 Å². The van der Waals surface area contributed by atoms with E-state index in [1.54, 1.807) is 4.90 Å². The summed E-state index contributed by atoms with van der Waals surface area (Å²) in [6, 6.07) is 14.7. The number of carbonyl (C=O) groups excluding carboxylic acids is 1. The number of piperazine rings is 1. The Labute approximate surface area is 144 Å². The summed E-state index contributed by atoms with van der Waals surface area (Å²) in [7, 11) is 0. The maximum Gasteiger partial charge on any atom is 0.254 e. The van der Waals surface area contributed by atoms with Crippen molar-refractivity contribution in [3.8, 4) is 0 Å². The number of nitrogens with zero attached hydrogens (tertiary/aromatic N) is 1. The molecule has 2 aromatic rings. The summed E-state index contributed by atoms with van der Waals surface area (Å²) >= 11 is 0. The van der Waals surface area contributed by atoms with E-state index in [1.807, 2.05) is 23.1 Å². The Balaban J connectivity index is 1.58. The third-order valence-corrected chi connectivity index (χ3v) is 5.05. The Bertz CT molecular complexity index is 730. The van der Waals surface area contributed by atoms with Crippen LogP contribution in [0.2, 0.25) is 0 Å². The number of quaternary nitrogens is 1. The second kappa shape index (κ2) is 7.18. The highest BCUT2D eigenvalue weighted by atomic mass is 16.2. The molecule has 1 aliphatic rings. The molecule has 0 bridgehead atoms. The quantitative estimate of drug-likeness (QED) is 0.920. The van der Waals surface area contributed by atoms with Crippen LogP contribution in [-0.2, 0) is 6.54 Å². The molecule has 0 unspecified atom stereocenters. The van der Waals surface area contributed by atoms with Crippen LogP contribution in [-0.4, -0.2) is 37.0 Å². The molecule has 3 nitrogen and oxygen atoms in total. The minimum Gasteiger partial charge on any atom is -0.328 e. The van der Waals surface area contributed by atoms with Crippen molar-refractivity contribution >= 4 is 5.91 Å². The predicted octanol–water partition coefficient (Wildman–Crippen LogP) is 2.15. The minimum atomic E-state index is 0.174. The number of nitrogens with one attached hydrogen (secondary N) is 1. The molecule has 0 aromatic heterocycles. The van der Waals surface area contributed by atoms with E-state index in [9.17, 15) is 4.79 Å². The summed E-state index contributed by atoms with van der Waals surface area (Å²) in [4.78, 5) is 16.3. The molecule has 1 saturated heterocycles. The molecule has 1 fully saturated rings. The molecule has 1 amide bonds. The van der Waals surface area contributed by atoms with E-state index in [4.69, 9.17) is 0 Å². The molecule has 1 N–H and O–H groups in total. The van der Waals surface area contributed by atoms with Crippen LogP contribution in [0.25, 0.3) is 0 Å². The highest BCUT2D eigenvalue weighted by molar-refractivity contribution is 5.94. The van der Waals surface area contributed by atoms with Gasteiger partial charge in [0.2, 0.25) is 0 Å². The molecule has 0 saturated carbocycles. The number of amides is 1. The topological polar surface area (TPSA) is 24.8 Å². The summed E-state index contributed by atoms with van der Waals surface area (Å²) in [5.74, 6) is 0.174. The van der Waals surface area contributed by atoms with Gasteiger partial charge in [0.25, 0.3) is 5.91 Å². The van der Waals surface area contributed by atoms with Crippen LogP contribution in [0.3, 0.4) is 0 Å². The molecule has 0 atom stereocenters. The predicted molar refractivity (Wildman–Crippen MR) is 97.4 cm³/mol. The van der Waals surface area contributed by atoms with Crippen LogP contribution in [0.4, 0.5) is 0 Å². The maximum absolute atomic E-state index is 12.7. The monoisotopic (exact) mass is 323 g/mol. The van der Waals surface area contributed by atoms with E-state index >= 15 is 0 Å². The van der Waals surface area contributed by atoms with Crippen molar-refractivity contribution in [2.75, 3.05) is 26.2 Å². The van der Waals surface area contributed by atoms with E-state index < -0.39 is 0 Å². The van der Waals surface area contributed by atoms with Gasteiger partial charge in [-0.3, -0.25) is 4.79 Å². The third-order valence-electron chi connectivity index (χ3n) is 5.05. The Kier molecular flexibility index (Phi) is 5.00. The minimum absolute atomic E-state index is 0.174. The van der Waals surface area contributed by atoms with Gasteiger partial charge in [-0.25, -0.2) is 0 Å². The van der Waals surface area contributed by atoms with Gasteiger partial charge < -0.3 is 9.80 Å².